The van der Waals surface area contributed by atoms with Gasteiger partial charge in [0.15, 0.2) is 11.5 Å². The first-order valence-electron chi connectivity index (χ1n) is 5.88. The highest BCUT2D eigenvalue weighted by Gasteiger charge is 2.34. The fraction of sp³-hybridized carbons (Fsp3) is 0.455. The van der Waals surface area contributed by atoms with E-state index in [0.717, 1.165) is 6.07 Å². The number of hydrogen-bond acceptors (Lipinski definition) is 6. The molecule has 1 saturated heterocycles. The van der Waals surface area contributed by atoms with Gasteiger partial charge in [0, 0.05) is 19.2 Å². The number of ether oxygens (including phenoxy) is 2. The zero-order valence-corrected chi connectivity index (χ0v) is 10.6. The van der Waals surface area contributed by atoms with Crippen molar-refractivity contribution in [1.29, 1.82) is 0 Å². The average molecular weight is 308 g/mol. The lowest BCUT2D eigenvalue weighted by atomic mass is 10.2. The molecule has 21 heavy (non-hydrogen) atoms. The Hall–Kier alpha value is -2.23. The first kappa shape index (κ1) is 15.2. The number of nitrogens with zero attached hydrogens (tertiary/aromatic N) is 2. The van der Waals surface area contributed by atoms with Crippen molar-refractivity contribution in [3.63, 3.8) is 0 Å². The average Bonchev–Trinajstić information content (AvgIpc) is 2.40. The molecule has 0 bridgehead atoms. The smallest absolute Gasteiger partial charge is 0.504 e. The van der Waals surface area contributed by atoms with Gasteiger partial charge in [0.25, 0.3) is 5.69 Å². The third kappa shape index (κ3) is 3.66. The molecule has 0 aliphatic carbocycles. The number of anilines is 1. The summed E-state index contributed by atoms with van der Waals surface area (Å²) >= 11 is 0. The third-order valence-electron chi connectivity index (χ3n) is 2.83. The maximum absolute atomic E-state index is 12.2. The van der Waals surface area contributed by atoms with Crippen LogP contribution in [-0.2, 0) is 4.74 Å². The van der Waals surface area contributed by atoms with Gasteiger partial charge in [0.1, 0.15) is 5.69 Å². The minimum atomic E-state index is -5.05. The maximum atomic E-state index is 12.2. The molecule has 0 spiro atoms. The normalized spacial score (nSPS) is 15.9. The van der Waals surface area contributed by atoms with Crippen LogP contribution in [0.25, 0.3) is 0 Å². The number of benzene rings is 1. The summed E-state index contributed by atoms with van der Waals surface area (Å²) < 4.78 is 45.2. The molecular formula is C11H11F3N2O5. The summed E-state index contributed by atoms with van der Waals surface area (Å²) in [6, 6.07) is 1.46. The molecule has 0 saturated carbocycles. The van der Waals surface area contributed by atoms with E-state index < -0.39 is 28.5 Å². The highest BCUT2D eigenvalue weighted by molar-refractivity contribution is 5.69. The van der Waals surface area contributed by atoms with Gasteiger partial charge >= 0.3 is 6.36 Å². The van der Waals surface area contributed by atoms with E-state index in [9.17, 15) is 28.4 Å². The van der Waals surface area contributed by atoms with Gasteiger partial charge in [-0.2, -0.15) is 0 Å². The Bertz CT molecular complexity index is 543. The highest BCUT2D eigenvalue weighted by Crippen LogP contribution is 2.41. The second-order valence-electron chi connectivity index (χ2n) is 4.21. The lowest BCUT2D eigenvalue weighted by molar-refractivity contribution is -0.384. The summed E-state index contributed by atoms with van der Waals surface area (Å²) in [5.74, 6) is -1.83. The number of nitro groups is 1. The minimum Gasteiger partial charge on any atom is -0.504 e. The molecule has 1 fully saturated rings. The van der Waals surface area contributed by atoms with Crippen LogP contribution in [0, 0.1) is 10.1 Å². The molecule has 1 aromatic carbocycles. The predicted molar refractivity (Wildman–Crippen MR) is 64.5 cm³/mol. The van der Waals surface area contributed by atoms with Crippen molar-refractivity contribution in [2.75, 3.05) is 31.2 Å². The molecule has 1 aromatic rings. The zero-order chi connectivity index (χ0) is 15.6. The summed E-state index contributed by atoms with van der Waals surface area (Å²) in [5.41, 5.74) is -0.552. The molecule has 1 aliphatic rings. The van der Waals surface area contributed by atoms with Crippen molar-refractivity contribution in [3.8, 4) is 11.5 Å². The first-order valence-corrected chi connectivity index (χ1v) is 5.88. The molecule has 1 heterocycles. The van der Waals surface area contributed by atoms with E-state index in [4.69, 9.17) is 4.74 Å². The number of hydrogen-bond donors (Lipinski definition) is 1. The molecule has 1 N–H and O–H groups in total. The molecule has 7 nitrogen and oxygen atoms in total. The van der Waals surface area contributed by atoms with E-state index in [1.807, 2.05) is 0 Å². The second-order valence-corrected chi connectivity index (χ2v) is 4.21. The van der Waals surface area contributed by atoms with Gasteiger partial charge in [0.2, 0.25) is 0 Å². The topological polar surface area (TPSA) is 85.1 Å². The molecule has 0 amide bonds. The predicted octanol–water partition coefficient (Wildman–Crippen LogP) is 2.04. The van der Waals surface area contributed by atoms with Crippen LogP contribution in [0.2, 0.25) is 0 Å². The van der Waals surface area contributed by atoms with Crippen LogP contribution in [0.1, 0.15) is 0 Å². The van der Waals surface area contributed by atoms with Crippen molar-refractivity contribution in [1.82, 2.24) is 0 Å². The van der Waals surface area contributed by atoms with Gasteiger partial charge < -0.3 is 19.5 Å². The highest BCUT2D eigenvalue weighted by atomic mass is 19.4. The number of rotatable bonds is 3. The van der Waals surface area contributed by atoms with Gasteiger partial charge in [-0.3, -0.25) is 10.1 Å². The Morgan fingerprint density at radius 3 is 2.48 bits per heavy atom. The standard InChI is InChI=1S/C11H11F3N2O5/c12-11(13,14)21-10-6-8(16(18)19)7(5-9(10)17)15-1-3-20-4-2-15/h5-6,17H,1-4H2. The van der Waals surface area contributed by atoms with E-state index in [-0.39, 0.29) is 5.69 Å². The van der Waals surface area contributed by atoms with E-state index in [1.165, 1.54) is 0 Å². The maximum Gasteiger partial charge on any atom is 0.573 e. The largest absolute Gasteiger partial charge is 0.573 e. The molecular weight excluding hydrogens is 297 g/mol. The van der Waals surface area contributed by atoms with E-state index in [1.54, 1.807) is 4.90 Å². The van der Waals surface area contributed by atoms with Gasteiger partial charge in [-0.25, -0.2) is 0 Å². The quantitative estimate of drug-likeness (QED) is 0.679. The lowest BCUT2D eigenvalue weighted by Crippen LogP contribution is -2.36. The van der Waals surface area contributed by atoms with E-state index in [0.29, 0.717) is 32.4 Å². The summed E-state index contributed by atoms with van der Waals surface area (Å²) in [7, 11) is 0. The minimum absolute atomic E-state index is 0.0234. The molecule has 10 heteroatoms. The Morgan fingerprint density at radius 2 is 1.95 bits per heavy atom. The SMILES string of the molecule is O=[N+]([O-])c1cc(OC(F)(F)F)c(O)cc1N1CCOCC1. The Morgan fingerprint density at radius 1 is 1.33 bits per heavy atom. The monoisotopic (exact) mass is 308 g/mol. The van der Waals surface area contributed by atoms with E-state index in [2.05, 4.69) is 4.74 Å². The van der Waals surface area contributed by atoms with Crippen LogP contribution < -0.4 is 9.64 Å². The first-order chi connectivity index (χ1) is 9.78. The fourth-order valence-electron chi connectivity index (χ4n) is 1.96. The molecule has 0 aromatic heterocycles. The molecule has 0 atom stereocenters. The molecule has 0 radical (unpaired) electrons. The van der Waals surface area contributed by atoms with Crippen LogP contribution in [0.15, 0.2) is 12.1 Å². The second kappa shape index (κ2) is 5.64. The summed E-state index contributed by atoms with van der Waals surface area (Å²) in [6.45, 7) is 1.33. The number of phenolic OH excluding ortho intramolecular Hbond substituents is 1. The number of alkyl halides is 3. The number of halogens is 3. The van der Waals surface area contributed by atoms with Crippen LogP contribution in [-0.4, -0.2) is 42.7 Å². The number of morpholine rings is 1. The van der Waals surface area contributed by atoms with Gasteiger partial charge in [-0.05, 0) is 0 Å². The molecule has 1 aliphatic heterocycles. The van der Waals surface area contributed by atoms with Gasteiger partial charge in [0.05, 0.1) is 24.2 Å². The van der Waals surface area contributed by atoms with E-state index >= 15 is 0 Å². The molecule has 0 unspecified atom stereocenters. The number of phenols is 1. The zero-order valence-electron chi connectivity index (χ0n) is 10.6. The van der Waals surface area contributed by atoms with Crippen molar-refractivity contribution < 1.29 is 32.7 Å². The van der Waals surface area contributed by atoms with Gasteiger partial charge in [-0.15, -0.1) is 13.2 Å². The summed E-state index contributed by atoms with van der Waals surface area (Å²) in [4.78, 5) is 11.8. The number of aromatic hydroxyl groups is 1. The Kier molecular flexibility index (Phi) is 4.07. The van der Waals surface area contributed by atoms with Crippen molar-refractivity contribution >= 4 is 11.4 Å². The number of nitro benzene ring substituents is 1. The third-order valence-corrected chi connectivity index (χ3v) is 2.83. The van der Waals surface area contributed by atoms with Crippen LogP contribution >= 0.6 is 0 Å². The van der Waals surface area contributed by atoms with Crippen LogP contribution in [0.3, 0.4) is 0 Å². The Labute approximate surface area is 116 Å². The van der Waals surface area contributed by atoms with Crippen LogP contribution in [0.4, 0.5) is 24.5 Å². The summed E-state index contributed by atoms with van der Waals surface area (Å²) in [6.07, 6.45) is -5.05. The van der Waals surface area contributed by atoms with Crippen molar-refractivity contribution in [3.05, 3.63) is 22.2 Å². The van der Waals surface area contributed by atoms with Gasteiger partial charge in [-0.1, -0.05) is 0 Å². The lowest BCUT2D eigenvalue weighted by Gasteiger charge is -2.28. The fourth-order valence-corrected chi connectivity index (χ4v) is 1.96. The molecule has 2 rings (SSSR count). The Balaban J connectivity index is 2.41. The van der Waals surface area contributed by atoms with Crippen molar-refractivity contribution in [2.45, 2.75) is 6.36 Å². The molecule has 116 valence electrons. The summed E-state index contributed by atoms with van der Waals surface area (Å²) in [5, 5.41) is 20.6. The van der Waals surface area contributed by atoms with Crippen LogP contribution in [0.5, 0.6) is 11.5 Å². The van der Waals surface area contributed by atoms with Crippen molar-refractivity contribution in [2.24, 2.45) is 0 Å².